The third-order valence-electron chi connectivity index (χ3n) is 4.36. The van der Waals surface area contributed by atoms with Gasteiger partial charge in [-0.2, -0.15) is 5.10 Å². The molecule has 8 heteroatoms. The van der Waals surface area contributed by atoms with Crippen LogP contribution < -0.4 is 4.90 Å². The van der Waals surface area contributed by atoms with E-state index in [4.69, 9.17) is 0 Å². The fourth-order valence-electron chi connectivity index (χ4n) is 2.95. The van der Waals surface area contributed by atoms with Gasteiger partial charge in [0.2, 0.25) is 0 Å². The maximum absolute atomic E-state index is 14.1. The van der Waals surface area contributed by atoms with Crippen molar-refractivity contribution in [2.45, 2.75) is 18.4 Å². The Morgan fingerprint density at radius 1 is 1.21 bits per heavy atom. The number of hydrogen-bond acceptors (Lipinski definition) is 5. The Hall–Kier alpha value is -2.71. The first-order valence-electron chi connectivity index (χ1n) is 9.23. The van der Waals surface area contributed by atoms with Gasteiger partial charge in [0.15, 0.2) is 5.13 Å². The number of thiazole rings is 1. The topological polar surface area (TPSA) is 51.0 Å². The Balaban J connectivity index is 1.66. The van der Waals surface area contributed by atoms with Crippen molar-refractivity contribution in [1.29, 1.82) is 0 Å². The van der Waals surface area contributed by atoms with Crippen molar-refractivity contribution in [1.82, 2.24) is 14.8 Å². The molecular formula is C21H19FN4OS2. The lowest BCUT2D eigenvalue weighted by molar-refractivity contribution is 0.0985. The van der Waals surface area contributed by atoms with E-state index in [2.05, 4.69) is 17.0 Å². The van der Waals surface area contributed by atoms with Crippen LogP contribution in [0.15, 0.2) is 65.8 Å². The number of fused-ring (bicyclic) bond motifs is 1. The van der Waals surface area contributed by atoms with Crippen LogP contribution in [0.4, 0.5) is 9.52 Å². The van der Waals surface area contributed by atoms with Crippen molar-refractivity contribution >= 4 is 44.4 Å². The van der Waals surface area contributed by atoms with Crippen LogP contribution in [0.5, 0.6) is 0 Å². The second kappa shape index (κ2) is 8.75. The maximum atomic E-state index is 14.1. The maximum Gasteiger partial charge on any atom is 0.260 e. The number of para-hydroxylation sites is 1. The SMILES string of the molecule is CCSc1ccc(C(=O)N(CCn2cccn2)c2nc3c(F)cccc3s2)cc1. The molecule has 1 amide bonds. The van der Waals surface area contributed by atoms with Gasteiger partial charge in [0.1, 0.15) is 11.3 Å². The van der Waals surface area contributed by atoms with Gasteiger partial charge < -0.3 is 0 Å². The number of nitrogens with zero attached hydrogens (tertiary/aromatic N) is 4. The van der Waals surface area contributed by atoms with Crippen LogP contribution in [0.1, 0.15) is 17.3 Å². The predicted octanol–water partition coefficient (Wildman–Crippen LogP) is 5.09. The van der Waals surface area contributed by atoms with E-state index in [1.54, 1.807) is 33.6 Å². The van der Waals surface area contributed by atoms with E-state index in [9.17, 15) is 9.18 Å². The molecule has 0 bridgehead atoms. The quantitative estimate of drug-likeness (QED) is 0.386. The van der Waals surface area contributed by atoms with E-state index >= 15 is 0 Å². The molecule has 0 fully saturated rings. The Morgan fingerprint density at radius 3 is 2.72 bits per heavy atom. The summed E-state index contributed by atoms with van der Waals surface area (Å²) in [6.07, 6.45) is 3.54. The summed E-state index contributed by atoms with van der Waals surface area (Å²) in [6.45, 7) is 2.99. The normalized spacial score (nSPS) is 11.1. The lowest BCUT2D eigenvalue weighted by Gasteiger charge is -2.20. The van der Waals surface area contributed by atoms with Crippen molar-refractivity contribution in [3.05, 3.63) is 72.3 Å². The monoisotopic (exact) mass is 426 g/mol. The summed E-state index contributed by atoms with van der Waals surface area (Å²) >= 11 is 3.04. The number of hydrogen-bond donors (Lipinski definition) is 0. The summed E-state index contributed by atoms with van der Waals surface area (Å²) < 4.78 is 16.6. The highest BCUT2D eigenvalue weighted by atomic mass is 32.2. The molecule has 0 aliphatic rings. The van der Waals surface area contributed by atoms with Crippen LogP contribution in [-0.2, 0) is 6.54 Å². The first kappa shape index (κ1) is 19.6. The molecule has 4 aromatic rings. The summed E-state index contributed by atoms with van der Waals surface area (Å²) in [5.74, 6) is 0.427. The molecule has 0 saturated carbocycles. The smallest absolute Gasteiger partial charge is 0.260 e. The van der Waals surface area contributed by atoms with Gasteiger partial charge in [-0.1, -0.05) is 24.3 Å². The zero-order valence-electron chi connectivity index (χ0n) is 15.8. The van der Waals surface area contributed by atoms with E-state index in [1.165, 1.54) is 17.4 Å². The van der Waals surface area contributed by atoms with Crippen molar-refractivity contribution in [2.75, 3.05) is 17.2 Å². The third kappa shape index (κ3) is 4.33. The zero-order valence-corrected chi connectivity index (χ0v) is 17.4. The van der Waals surface area contributed by atoms with E-state index < -0.39 is 0 Å². The zero-order chi connectivity index (χ0) is 20.2. The highest BCUT2D eigenvalue weighted by molar-refractivity contribution is 7.99. The summed E-state index contributed by atoms with van der Waals surface area (Å²) in [5.41, 5.74) is 0.865. The van der Waals surface area contributed by atoms with E-state index in [-0.39, 0.29) is 11.7 Å². The Labute approximate surface area is 176 Å². The molecule has 5 nitrogen and oxygen atoms in total. The predicted molar refractivity (Wildman–Crippen MR) is 116 cm³/mol. The number of amides is 1. The second-order valence-electron chi connectivity index (χ2n) is 6.27. The molecule has 0 saturated heterocycles. The highest BCUT2D eigenvalue weighted by Crippen LogP contribution is 2.31. The molecule has 0 spiro atoms. The molecule has 0 unspecified atom stereocenters. The standard InChI is InChI=1S/C21H19FN4OS2/c1-2-28-16-9-7-15(8-10-16)20(27)26(14-13-25-12-4-11-23-25)21-24-19-17(22)5-3-6-18(19)29-21/h3-12H,2,13-14H2,1H3. The van der Waals surface area contributed by atoms with Crippen molar-refractivity contribution in [2.24, 2.45) is 0 Å². The molecule has 4 rings (SSSR count). The van der Waals surface area contributed by atoms with Gasteiger partial charge in [0.25, 0.3) is 5.91 Å². The number of carbonyl (C=O) groups excluding carboxylic acids is 1. The lowest BCUT2D eigenvalue weighted by Crippen LogP contribution is -2.34. The summed E-state index contributed by atoms with van der Waals surface area (Å²) in [4.78, 5) is 20.4. The first-order valence-corrected chi connectivity index (χ1v) is 11.0. The Morgan fingerprint density at radius 2 is 2.03 bits per heavy atom. The molecule has 29 heavy (non-hydrogen) atoms. The number of aromatic nitrogens is 3. The molecule has 0 aliphatic heterocycles. The van der Waals surface area contributed by atoms with Crippen LogP contribution in [0.25, 0.3) is 10.2 Å². The van der Waals surface area contributed by atoms with Gasteiger partial charge in [-0.25, -0.2) is 9.37 Å². The van der Waals surface area contributed by atoms with Gasteiger partial charge >= 0.3 is 0 Å². The van der Waals surface area contributed by atoms with Gasteiger partial charge in [0, 0.05) is 29.4 Å². The molecular weight excluding hydrogens is 407 g/mol. The average Bonchev–Trinajstić information content (AvgIpc) is 3.39. The van der Waals surface area contributed by atoms with E-state index in [0.717, 1.165) is 10.6 Å². The number of carbonyl (C=O) groups is 1. The largest absolute Gasteiger partial charge is 0.282 e. The van der Waals surface area contributed by atoms with E-state index in [0.29, 0.717) is 34.0 Å². The molecule has 2 aromatic heterocycles. The molecule has 0 aliphatic carbocycles. The lowest BCUT2D eigenvalue weighted by atomic mass is 10.2. The fourth-order valence-corrected chi connectivity index (χ4v) is 4.62. The highest BCUT2D eigenvalue weighted by Gasteiger charge is 2.22. The molecule has 2 heterocycles. The van der Waals surface area contributed by atoms with Crippen LogP contribution in [0.3, 0.4) is 0 Å². The minimum absolute atomic E-state index is 0.162. The van der Waals surface area contributed by atoms with Crippen LogP contribution in [0.2, 0.25) is 0 Å². The van der Waals surface area contributed by atoms with Gasteiger partial charge in [-0.15, -0.1) is 11.8 Å². The van der Waals surface area contributed by atoms with Crippen molar-refractivity contribution in [3.63, 3.8) is 0 Å². The van der Waals surface area contributed by atoms with E-state index in [1.807, 2.05) is 42.6 Å². The molecule has 0 atom stereocenters. The minimum atomic E-state index is -0.384. The minimum Gasteiger partial charge on any atom is -0.282 e. The van der Waals surface area contributed by atoms with Crippen LogP contribution in [-0.4, -0.2) is 33.0 Å². The van der Waals surface area contributed by atoms with Gasteiger partial charge in [0.05, 0.1) is 11.2 Å². The molecule has 0 N–H and O–H groups in total. The Bertz CT molecular complexity index is 1110. The third-order valence-corrected chi connectivity index (χ3v) is 6.30. The first-order chi connectivity index (χ1) is 14.2. The number of thioether (sulfide) groups is 1. The van der Waals surface area contributed by atoms with Gasteiger partial charge in [-0.3, -0.25) is 14.4 Å². The van der Waals surface area contributed by atoms with Crippen LogP contribution in [0, 0.1) is 5.82 Å². The average molecular weight is 427 g/mol. The summed E-state index contributed by atoms with van der Waals surface area (Å²) in [5, 5.41) is 4.68. The molecule has 148 valence electrons. The number of rotatable bonds is 7. The second-order valence-corrected chi connectivity index (χ2v) is 8.61. The molecule has 2 aromatic carbocycles. The molecule has 0 radical (unpaired) electrons. The number of benzene rings is 2. The van der Waals surface area contributed by atoms with Crippen molar-refractivity contribution < 1.29 is 9.18 Å². The number of anilines is 1. The summed E-state index contributed by atoms with van der Waals surface area (Å²) in [6, 6.07) is 14.2. The summed E-state index contributed by atoms with van der Waals surface area (Å²) in [7, 11) is 0. The van der Waals surface area contributed by atoms with Crippen molar-refractivity contribution in [3.8, 4) is 0 Å². The number of halogens is 1. The Kier molecular flexibility index (Phi) is 5.92. The van der Waals surface area contributed by atoms with Crippen LogP contribution >= 0.6 is 23.1 Å². The van der Waals surface area contributed by atoms with Gasteiger partial charge in [-0.05, 0) is 48.2 Å². The fraction of sp³-hybridized carbons (Fsp3) is 0.190.